The summed E-state index contributed by atoms with van der Waals surface area (Å²) in [5, 5.41) is 16.2. The average molecular weight is 395 g/mol. The van der Waals surface area contributed by atoms with Crippen LogP contribution in [0.5, 0.6) is 0 Å². The number of hydrogen-bond acceptors (Lipinski definition) is 5. The molecule has 1 aromatic carbocycles. The van der Waals surface area contributed by atoms with Gasteiger partial charge in [0.1, 0.15) is 0 Å². The lowest BCUT2D eigenvalue weighted by atomic mass is 9.96. The van der Waals surface area contributed by atoms with Crippen LogP contribution in [-0.2, 0) is 0 Å². The second kappa shape index (κ2) is 8.02. The number of hydrazine groups is 1. The molecule has 1 saturated heterocycles. The Morgan fingerprint density at radius 2 is 1.92 bits per heavy atom. The molecule has 2 aliphatic rings. The topological polar surface area (TPSA) is 67.8 Å². The zero-order chi connectivity index (χ0) is 18.7. The Kier molecular flexibility index (Phi) is 5.94. The van der Waals surface area contributed by atoms with Crippen molar-refractivity contribution in [2.75, 3.05) is 5.43 Å². The summed E-state index contributed by atoms with van der Waals surface area (Å²) in [6.07, 6.45) is 4.76. The largest absolute Gasteiger partial charge is 0.343 e. The third kappa shape index (κ3) is 4.24. The first-order chi connectivity index (χ1) is 12.4. The predicted molar refractivity (Wildman–Crippen MR) is 109 cm³/mol. The van der Waals surface area contributed by atoms with E-state index >= 15 is 0 Å². The number of para-hydroxylation sites is 1. The Labute approximate surface area is 164 Å². The van der Waals surface area contributed by atoms with Crippen LogP contribution in [0.4, 0.5) is 10.5 Å². The number of thiocarbonyl (C=S) groups is 1. The molecule has 1 aliphatic carbocycles. The Morgan fingerprint density at radius 1 is 1.27 bits per heavy atom. The smallest absolute Gasteiger partial charge is 0.333 e. The number of anilines is 1. The highest BCUT2D eigenvalue weighted by atomic mass is 32.2. The van der Waals surface area contributed by atoms with E-state index in [0.29, 0.717) is 4.32 Å². The lowest BCUT2D eigenvalue weighted by molar-refractivity contribution is -0.115. The molecule has 8 heteroatoms. The quantitative estimate of drug-likeness (QED) is 0.404. The highest BCUT2D eigenvalue weighted by Crippen LogP contribution is 2.42. The van der Waals surface area contributed by atoms with Gasteiger partial charge in [0.25, 0.3) is 0 Å². The number of rotatable bonds is 4. The number of nitrogens with one attached hydrogen (secondary N) is 2. The predicted octanol–water partition coefficient (Wildman–Crippen LogP) is 4.19. The Balaban J connectivity index is 1.74. The Bertz CT molecular complexity index is 650. The minimum atomic E-state index is -0.621. The molecule has 142 valence electrons. The molecule has 26 heavy (non-hydrogen) atoms. The van der Waals surface area contributed by atoms with Crippen LogP contribution in [-0.4, -0.2) is 42.6 Å². The summed E-state index contributed by atoms with van der Waals surface area (Å²) in [4.78, 5) is 12.6. The third-order valence-electron chi connectivity index (χ3n) is 4.81. The van der Waals surface area contributed by atoms with Gasteiger partial charge < -0.3 is 5.32 Å². The number of carbonyl (C=O) groups excluding carboxylic acids is 1. The number of hydroxylamine groups is 2. The van der Waals surface area contributed by atoms with Gasteiger partial charge in [-0.2, -0.15) is 5.06 Å². The summed E-state index contributed by atoms with van der Waals surface area (Å²) in [6.45, 7) is 3.94. The van der Waals surface area contributed by atoms with Crippen LogP contribution in [0.1, 0.15) is 46.0 Å². The standard InChI is InChI=1S/C18H26N4O2S2/c1-18(2)15(22(24)16(23)19-13-9-5-3-6-10-13)21(17(25)26-18)20-14-11-7-4-8-12-14/h4,7-8,11-13,15,20,24H,3,5-6,9-10H2,1-2H3,(H,19,23). The first-order valence-corrected chi connectivity index (χ1v) is 10.2. The molecule has 1 aliphatic heterocycles. The number of amides is 2. The van der Waals surface area contributed by atoms with E-state index in [1.807, 2.05) is 44.2 Å². The van der Waals surface area contributed by atoms with Gasteiger partial charge in [0.05, 0.1) is 10.4 Å². The maximum absolute atomic E-state index is 12.6. The van der Waals surface area contributed by atoms with E-state index < -0.39 is 16.9 Å². The number of nitrogens with zero attached hydrogens (tertiary/aromatic N) is 2. The number of carbonyl (C=O) groups is 1. The van der Waals surface area contributed by atoms with E-state index in [1.54, 1.807) is 5.01 Å². The van der Waals surface area contributed by atoms with Crippen molar-refractivity contribution in [3.8, 4) is 0 Å². The van der Waals surface area contributed by atoms with Crippen molar-refractivity contribution in [3.05, 3.63) is 30.3 Å². The molecule has 1 atom stereocenters. The van der Waals surface area contributed by atoms with E-state index in [9.17, 15) is 10.0 Å². The van der Waals surface area contributed by atoms with Crippen LogP contribution in [0.15, 0.2) is 30.3 Å². The van der Waals surface area contributed by atoms with Crippen molar-refractivity contribution in [3.63, 3.8) is 0 Å². The zero-order valence-electron chi connectivity index (χ0n) is 15.1. The number of thioether (sulfide) groups is 1. The minimum Gasteiger partial charge on any atom is -0.333 e. The summed E-state index contributed by atoms with van der Waals surface area (Å²) in [5.41, 5.74) is 4.07. The van der Waals surface area contributed by atoms with Crippen molar-refractivity contribution < 1.29 is 10.0 Å². The Morgan fingerprint density at radius 3 is 2.58 bits per heavy atom. The molecular weight excluding hydrogens is 368 g/mol. The summed E-state index contributed by atoms with van der Waals surface area (Å²) in [5.74, 6) is 0. The molecular formula is C18H26N4O2S2. The molecule has 3 N–H and O–H groups in total. The number of hydrogen-bond donors (Lipinski definition) is 3. The molecule has 3 rings (SSSR count). The van der Waals surface area contributed by atoms with Crippen molar-refractivity contribution in [2.24, 2.45) is 0 Å². The van der Waals surface area contributed by atoms with E-state index in [2.05, 4.69) is 10.7 Å². The van der Waals surface area contributed by atoms with E-state index in [-0.39, 0.29) is 6.04 Å². The molecule has 0 radical (unpaired) electrons. The van der Waals surface area contributed by atoms with Gasteiger partial charge in [0.15, 0.2) is 10.5 Å². The van der Waals surface area contributed by atoms with Crippen LogP contribution in [0, 0.1) is 0 Å². The Hall–Kier alpha value is -1.51. The summed E-state index contributed by atoms with van der Waals surface area (Å²) >= 11 is 6.95. The third-order valence-corrected chi connectivity index (χ3v) is 6.36. The van der Waals surface area contributed by atoms with Crippen LogP contribution in [0.3, 0.4) is 0 Å². The van der Waals surface area contributed by atoms with Gasteiger partial charge in [0.2, 0.25) is 0 Å². The van der Waals surface area contributed by atoms with Gasteiger partial charge in [-0.3, -0.25) is 10.6 Å². The van der Waals surface area contributed by atoms with Gasteiger partial charge in [-0.15, -0.1) is 0 Å². The first kappa shape index (κ1) is 19.3. The van der Waals surface area contributed by atoms with E-state index in [0.717, 1.165) is 36.4 Å². The van der Waals surface area contributed by atoms with Gasteiger partial charge in [-0.1, -0.05) is 61.4 Å². The highest BCUT2D eigenvalue weighted by molar-refractivity contribution is 8.24. The molecule has 1 unspecified atom stereocenters. The van der Waals surface area contributed by atoms with Gasteiger partial charge in [-0.05, 0) is 38.8 Å². The molecule has 1 heterocycles. The van der Waals surface area contributed by atoms with Gasteiger partial charge in [0, 0.05) is 6.04 Å². The first-order valence-electron chi connectivity index (χ1n) is 9.01. The molecule has 0 spiro atoms. The van der Waals surface area contributed by atoms with Crippen LogP contribution in [0.25, 0.3) is 0 Å². The summed E-state index contributed by atoms with van der Waals surface area (Å²) in [7, 11) is 0. The molecule has 1 saturated carbocycles. The lowest BCUT2D eigenvalue weighted by Crippen LogP contribution is -2.59. The second-order valence-corrected chi connectivity index (χ2v) is 9.61. The fraction of sp³-hybridized carbons (Fsp3) is 0.556. The second-order valence-electron chi connectivity index (χ2n) is 7.32. The average Bonchev–Trinajstić information content (AvgIpc) is 2.84. The fourth-order valence-electron chi connectivity index (χ4n) is 3.50. The van der Waals surface area contributed by atoms with Crippen molar-refractivity contribution in [1.82, 2.24) is 15.4 Å². The summed E-state index contributed by atoms with van der Waals surface area (Å²) in [6, 6.07) is 9.26. The van der Waals surface area contributed by atoms with Crippen molar-refractivity contribution in [2.45, 2.75) is 62.9 Å². The van der Waals surface area contributed by atoms with Crippen molar-refractivity contribution >= 4 is 40.0 Å². The maximum Gasteiger partial charge on any atom is 0.343 e. The molecule has 2 fully saturated rings. The van der Waals surface area contributed by atoms with Gasteiger partial charge in [-0.25, -0.2) is 9.80 Å². The van der Waals surface area contributed by atoms with Crippen LogP contribution in [0.2, 0.25) is 0 Å². The molecule has 0 bridgehead atoms. The molecule has 2 amide bonds. The molecule has 0 aromatic heterocycles. The highest BCUT2D eigenvalue weighted by Gasteiger charge is 2.50. The minimum absolute atomic E-state index is 0.130. The van der Waals surface area contributed by atoms with Gasteiger partial charge >= 0.3 is 6.03 Å². The van der Waals surface area contributed by atoms with Crippen LogP contribution < -0.4 is 10.7 Å². The maximum atomic E-state index is 12.6. The van der Waals surface area contributed by atoms with E-state index in [4.69, 9.17) is 12.2 Å². The fourth-order valence-corrected chi connectivity index (χ4v) is 5.29. The van der Waals surface area contributed by atoms with E-state index in [1.165, 1.54) is 18.2 Å². The molecule has 6 nitrogen and oxygen atoms in total. The zero-order valence-corrected chi connectivity index (χ0v) is 16.8. The SMILES string of the molecule is CC1(C)SC(=S)N(Nc2ccccc2)C1N(O)C(=O)NC1CCCCC1. The molecule has 1 aromatic rings. The van der Waals surface area contributed by atoms with Crippen molar-refractivity contribution in [1.29, 1.82) is 0 Å². The monoisotopic (exact) mass is 394 g/mol. The van der Waals surface area contributed by atoms with Crippen LogP contribution >= 0.6 is 24.0 Å². The number of benzene rings is 1. The lowest BCUT2D eigenvalue weighted by Gasteiger charge is -2.37. The number of urea groups is 1. The summed E-state index contributed by atoms with van der Waals surface area (Å²) < 4.78 is 0.130. The normalized spacial score (nSPS) is 23.0.